The molecule has 1 aromatic rings. The van der Waals surface area contributed by atoms with E-state index in [-0.39, 0.29) is 0 Å². The standard InChI is InChI=1S/C6H6N2.H2N2/c7-8-6-4-2-1-3-5-6;1-2/h1-5,7H;1-2H. The molecule has 0 amide bonds. The molecule has 4 nitrogen and oxygen atoms in total. The fraction of sp³-hybridized carbons (Fsp3) is 0. The van der Waals surface area contributed by atoms with Crippen LogP contribution >= 0.6 is 0 Å². The zero-order chi connectivity index (χ0) is 7.82. The Labute approximate surface area is 58.7 Å². The largest absolute Gasteiger partial charge is 0.213 e. The van der Waals surface area contributed by atoms with Gasteiger partial charge in [-0.3, -0.25) is 0 Å². The Hall–Kier alpha value is -1.58. The van der Waals surface area contributed by atoms with E-state index in [0.717, 1.165) is 0 Å². The van der Waals surface area contributed by atoms with Gasteiger partial charge in [-0.2, -0.15) is 5.11 Å². The first-order chi connectivity index (χ1) is 4.93. The van der Waals surface area contributed by atoms with Crippen LogP contribution < -0.4 is 0 Å². The second kappa shape index (κ2) is 5.55. The minimum atomic E-state index is 0.701. The molecule has 0 aliphatic rings. The van der Waals surface area contributed by atoms with Crippen LogP contribution in [0.4, 0.5) is 5.69 Å². The van der Waals surface area contributed by atoms with Crippen LogP contribution in [0.15, 0.2) is 35.4 Å². The molecule has 10 heavy (non-hydrogen) atoms. The number of nitrogens with zero attached hydrogens (tertiary/aromatic N) is 1. The molecule has 0 saturated carbocycles. The minimum Gasteiger partial charge on any atom is -0.213 e. The van der Waals surface area contributed by atoms with Gasteiger partial charge in [-0.15, -0.1) is 0 Å². The lowest BCUT2D eigenvalue weighted by Gasteiger charge is -1.83. The number of hydrogen-bond donors (Lipinski definition) is 3. The quantitative estimate of drug-likeness (QED) is 0.496. The molecule has 4 heteroatoms. The number of nitrogens with one attached hydrogen (secondary N) is 3. The molecular weight excluding hydrogens is 128 g/mol. The highest BCUT2D eigenvalue weighted by atomic mass is 14.9. The molecule has 0 aliphatic carbocycles. The van der Waals surface area contributed by atoms with Crippen LogP contribution in [0, 0.1) is 16.6 Å². The van der Waals surface area contributed by atoms with E-state index < -0.39 is 0 Å². The van der Waals surface area contributed by atoms with Gasteiger partial charge in [0.15, 0.2) is 0 Å². The Kier molecular flexibility index (Phi) is 4.68. The first-order valence-corrected chi connectivity index (χ1v) is 2.61. The van der Waals surface area contributed by atoms with Crippen molar-refractivity contribution in [2.45, 2.75) is 0 Å². The van der Waals surface area contributed by atoms with Gasteiger partial charge in [0.25, 0.3) is 0 Å². The first-order valence-electron chi connectivity index (χ1n) is 2.61. The molecule has 0 aromatic heterocycles. The fourth-order valence-corrected chi connectivity index (χ4v) is 0.503. The van der Waals surface area contributed by atoms with Crippen molar-refractivity contribution in [3.8, 4) is 0 Å². The Morgan fingerprint density at radius 2 is 1.50 bits per heavy atom. The van der Waals surface area contributed by atoms with E-state index in [1.54, 1.807) is 12.1 Å². The summed E-state index contributed by atoms with van der Waals surface area (Å²) >= 11 is 0. The lowest BCUT2D eigenvalue weighted by atomic mass is 10.3. The summed E-state index contributed by atoms with van der Waals surface area (Å²) in [5.41, 5.74) is 17.3. The second-order valence-corrected chi connectivity index (χ2v) is 1.45. The average molecular weight is 136 g/mol. The van der Waals surface area contributed by atoms with Crippen molar-refractivity contribution in [2.24, 2.45) is 5.11 Å². The van der Waals surface area contributed by atoms with Crippen molar-refractivity contribution in [3.63, 3.8) is 0 Å². The Morgan fingerprint density at radius 1 is 1.00 bits per heavy atom. The maximum absolute atomic E-state index is 6.57. The molecule has 0 radical (unpaired) electrons. The van der Waals surface area contributed by atoms with Crippen molar-refractivity contribution in [3.05, 3.63) is 30.3 Å². The minimum absolute atomic E-state index is 0.701. The molecule has 52 valence electrons. The number of hydrogen-bond acceptors (Lipinski definition) is 4. The average Bonchev–Trinajstić information content (AvgIpc) is 2.10. The van der Waals surface area contributed by atoms with Crippen molar-refractivity contribution in [1.82, 2.24) is 0 Å². The zero-order valence-electron chi connectivity index (χ0n) is 5.33. The van der Waals surface area contributed by atoms with Crippen LogP contribution in [0.1, 0.15) is 0 Å². The summed E-state index contributed by atoms with van der Waals surface area (Å²) < 4.78 is 0. The molecule has 0 heterocycles. The van der Waals surface area contributed by atoms with Gasteiger partial charge in [0, 0.05) is 0 Å². The van der Waals surface area contributed by atoms with Crippen LogP contribution in [-0.4, -0.2) is 0 Å². The lowest BCUT2D eigenvalue weighted by Crippen LogP contribution is -1.56. The van der Waals surface area contributed by atoms with E-state index in [2.05, 4.69) is 5.11 Å². The van der Waals surface area contributed by atoms with Gasteiger partial charge in [0.2, 0.25) is 0 Å². The van der Waals surface area contributed by atoms with Gasteiger partial charge < -0.3 is 0 Å². The molecule has 1 aromatic carbocycles. The third-order valence-electron chi connectivity index (χ3n) is 0.885. The summed E-state index contributed by atoms with van der Waals surface area (Å²) in [5.74, 6) is 0. The molecule has 3 N–H and O–H groups in total. The summed E-state index contributed by atoms with van der Waals surface area (Å²) in [6.07, 6.45) is 0. The van der Waals surface area contributed by atoms with Crippen LogP contribution in [0.25, 0.3) is 0 Å². The monoisotopic (exact) mass is 136 g/mol. The van der Waals surface area contributed by atoms with Crippen LogP contribution in [0.3, 0.4) is 0 Å². The summed E-state index contributed by atoms with van der Waals surface area (Å²) in [4.78, 5) is 0. The van der Waals surface area contributed by atoms with Crippen molar-refractivity contribution < 1.29 is 0 Å². The summed E-state index contributed by atoms with van der Waals surface area (Å²) in [6, 6.07) is 9.18. The predicted octanol–water partition coefficient (Wildman–Crippen LogP) is 2.95. The van der Waals surface area contributed by atoms with Crippen LogP contribution in [0.2, 0.25) is 0 Å². The van der Waals surface area contributed by atoms with E-state index in [4.69, 9.17) is 16.6 Å². The first kappa shape index (κ1) is 8.42. The molecular formula is C6H8N4. The van der Waals surface area contributed by atoms with Gasteiger partial charge in [-0.05, 0) is 12.1 Å². The van der Waals surface area contributed by atoms with Crippen LogP contribution in [0.5, 0.6) is 0 Å². The van der Waals surface area contributed by atoms with Gasteiger partial charge in [0.05, 0.1) is 5.69 Å². The van der Waals surface area contributed by atoms with E-state index >= 15 is 0 Å². The SMILES string of the molecule is N=N.N=Nc1ccccc1. The van der Waals surface area contributed by atoms with E-state index in [0.29, 0.717) is 5.69 Å². The highest BCUT2D eigenvalue weighted by molar-refractivity contribution is 5.34. The Morgan fingerprint density at radius 3 is 1.80 bits per heavy atom. The van der Waals surface area contributed by atoms with E-state index in [1.165, 1.54) is 0 Å². The molecule has 1 rings (SSSR count). The van der Waals surface area contributed by atoms with Crippen molar-refractivity contribution in [1.29, 1.82) is 16.6 Å². The highest BCUT2D eigenvalue weighted by Gasteiger charge is 1.78. The van der Waals surface area contributed by atoms with Gasteiger partial charge in [-0.1, -0.05) is 18.2 Å². The molecule has 0 saturated heterocycles. The third kappa shape index (κ3) is 2.66. The van der Waals surface area contributed by atoms with Gasteiger partial charge in [0.1, 0.15) is 0 Å². The molecule has 0 unspecified atom stereocenters. The van der Waals surface area contributed by atoms with E-state index in [9.17, 15) is 0 Å². The van der Waals surface area contributed by atoms with Crippen molar-refractivity contribution in [2.75, 3.05) is 0 Å². The van der Waals surface area contributed by atoms with Crippen molar-refractivity contribution >= 4 is 5.69 Å². The number of rotatable bonds is 1. The lowest BCUT2D eigenvalue weighted by molar-refractivity contribution is 1.05. The zero-order valence-corrected chi connectivity index (χ0v) is 5.33. The summed E-state index contributed by atoms with van der Waals surface area (Å²) in [5, 5.41) is 3.22. The second-order valence-electron chi connectivity index (χ2n) is 1.45. The highest BCUT2D eigenvalue weighted by Crippen LogP contribution is 2.07. The summed E-state index contributed by atoms with van der Waals surface area (Å²) in [7, 11) is 0. The Bertz CT molecular complexity index is 184. The van der Waals surface area contributed by atoms with Gasteiger partial charge in [-0.25, -0.2) is 16.6 Å². The van der Waals surface area contributed by atoms with Gasteiger partial charge >= 0.3 is 0 Å². The molecule has 0 bridgehead atoms. The molecule has 0 aliphatic heterocycles. The molecule has 0 fully saturated rings. The maximum atomic E-state index is 6.57. The number of benzene rings is 1. The van der Waals surface area contributed by atoms with Crippen LogP contribution in [-0.2, 0) is 0 Å². The smallest absolute Gasteiger partial charge is 0.0849 e. The summed E-state index contributed by atoms with van der Waals surface area (Å²) in [6.45, 7) is 0. The topological polar surface area (TPSA) is 83.9 Å². The normalized spacial score (nSPS) is 7.20. The number of para-hydroxylation sites is 1. The van der Waals surface area contributed by atoms with E-state index in [1.807, 2.05) is 18.2 Å². The molecule has 0 atom stereocenters. The fourth-order valence-electron chi connectivity index (χ4n) is 0.503. The predicted molar refractivity (Wildman–Crippen MR) is 36.7 cm³/mol. The molecule has 0 spiro atoms. The third-order valence-corrected chi connectivity index (χ3v) is 0.885. The maximum Gasteiger partial charge on any atom is 0.0849 e. The Balaban J connectivity index is 0.000000371.